The summed E-state index contributed by atoms with van der Waals surface area (Å²) in [6.45, 7) is 3.25. The Morgan fingerprint density at radius 1 is 1.20 bits per heavy atom. The van der Waals surface area contributed by atoms with Crippen molar-refractivity contribution in [2.24, 2.45) is 0 Å². The molecule has 1 aliphatic rings. The normalized spacial score (nSPS) is 16.4. The fourth-order valence-electron chi connectivity index (χ4n) is 2.39. The predicted molar refractivity (Wildman–Crippen MR) is 79.4 cm³/mol. The third kappa shape index (κ3) is 3.80. The van der Waals surface area contributed by atoms with E-state index in [1.807, 2.05) is 19.0 Å². The predicted octanol–water partition coefficient (Wildman–Crippen LogP) is 1.17. The van der Waals surface area contributed by atoms with Crippen LogP contribution >= 0.6 is 0 Å². The third-order valence-electron chi connectivity index (χ3n) is 3.47. The molecule has 112 valence electrons. The molecule has 0 aromatic carbocycles. The van der Waals surface area contributed by atoms with E-state index in [9.17, 15) is 0 Å². The number of piperidine rings is 1. The molecule has 0 aliphatic carbocycles. The van der Waals surface area contributed by atoms with E-state index in [0.29, 0.717) is 19.3 Å². The van der Waals surface area contributed by atoms with Crippen LogP contribution in [0.5, 0.6) is 0 Å². The molecule has 1 fully saturated rings. The Hall–Kier alpha value is -1.40. The molecule has 1 aromatic rings. The maximum atomic E-state index is 5.79. The van der Waals surface area contributed by atoms with Gasteiger partial charge in [0.05, 0.1) is 19.3 Å². The number of hydrogen-bond acceptors (Lipinski definition) is 6. The fourth-order valence-corrected chi connectivity index (χ4v) is 2.39. The van der Waals surface area contributed by atoms with Crippen molar-refractivity contribution in [3.63, 3.8) is 0 Å². The number of nitrogens with zero attached hydrogens (tertiary/aromatic N) is 4. The standard InChI is InChI=1S/C14H24N4O2/c1-17(2)13-14(16-7-6-15-13)18-8-4-12(5-9-18)20-11-10-19-3/h6-7,12H,4-5,8-11H2,1-3H3. The second-order valence-electron chi connectivity index (χ2n) is 5.15. The summed E-state index contributed by atoms with van der Waals surface area (Å²) in [7, 11) is 5.69. The zero-order valence-electron chi connectivity index (χ0n) is 12.6. The summed E-state index contributed by atoms with van der Waals surface area (Å²) in [5, 5.41) is 0. The van der Waals surface area contributed by atoms with Crippen molar-refractivity contribution in [3.05, 3.63) is 12.4 Å². The van der Waals surface area contributed by atoms with Crippen molar-refractivity contribution >= 4 is 11.6 Å². The molecule has 0 N–H and O–H groups in total. The van der Waals surface area contributed by atoms with Crippen LogP contribution in [0.1, 0.15) is 12.8 Å². The summed E-state index contributed by atoms with van der Waals surface area (Å²) in [5.41, 5.74) is 0. The van der Waals surface area contributed by atoms with Gasteiger partial charge in [-0.15, -0.1) is 0 Å². The molecule has 6 heteroatoms. The maximum Gasteiger partial charge on any atom is 0.171 e. The Balaban J connectivity index is 1.90. The van der Waals surface area contributed by atoms with E-state index in [-0.39, 0.29) is 0 Å². The van der Waals surface area contributed by atoms with Gasteiger partial charge in [-0.05, 0) is 12.8 Å². The van der Waals surface area contributed by atoms with Crippen LogP contribution in [0.3, 0.4) is 0 Å². The van der Waals surface area contributed by atoms with E-state index in [2.05, 4.69) is 14.9 Å². The first kappa shape index (κ1) is 15.0. The van der Waals surface area contributed by atoms with Gasteiger partial charge in [-0.3, -0.25) is 0 Å². The van der Waals surface area contributed by atoms with E-state index in [0.717, 1.165) is 37.6 Å². The van der Waals surface area contributed by atoms with Crippen LogP contribution in [-0.4, -0.2) is 63.6 Å². The van der Waals surface area contributed by atoms with Gasteiger partial charge < -0.3 is 19.3 Å². The van der Waals surface area contributed by atoms with E-state index in [4.69, 9.17) is 9.47 Å². The second-order valence-corrected chi connectivity index (χ2v) is 5.15. The Labute approximate surface area is 120 Å². The van der Waals surface area contributed by atoms with Crippen LogP contribution in [0.2, 0.25) is 0 Å². The van der Waals surface area contributed by atoms with Gasteiger partial charge in [0.2, 0.25) is 0 Å². The first-order valence-corrected chi connectivity index (χ1v) is 7.06. The van der Waals surface area contributed by atoms with E-state index in [1.54, 1.807) is 19.5 Å². The first-order valence-electron chi connectivity index (χ1n) is 7.06. The molecule has 0 atom stereocenters. The number of rotatable bonds is 6. The molecule has 0 spiro atoms. The van der Waals surface area contributed by atoms with Crippen molar-refractivity contribution in [2.75, 3.05) is 57.3 Å². The number of hydrogen-bond donors (Lipinski definition) is 0. The zero-order chi connectivity index (χ0) is 14.4. The molecule has 2 heterocycles. The topological polar surface area (TPSA) is 50.7 Å². The van der Waals surface area contributed by atoms with Crippen LogP contribution in [0.15, 0.2) is 12.4 Å². The molecule has 1 saturated heterocycles. The van der Waals surface area contributed by atoms with E-state index < -0.39 is 0 Å². The second kappa shape index (κ2) is 7.40. The molecule has 1 aromatic heterocycles. The highest BCUT2D eigenvalue weighted by molar-refractivity contribution is 5.61. The number of aromatic nitrogens is 2. The summed E-state index contributed by atoms with van der Waals surface area (Å²) < 4.78 is 10.8. The first-order chi connectivity index (χ1) is 9.72. The minimum Gasteiger partial charge on any atom is -0.382 e. The van der Waals surface area contributed by atoms with Gasteiger partial charge in [0.1, 0.15) is 0 Å². The lowest BCUT2D eigenvalue weighted by molar-refractivity contribution is 0.00605. The van der Waals surface area contributed by atoms with E-state index in [1.165, 1.54) is 0 Å². The van der Waals surface area contributed by atoms with Crippen molar-refractivity contribution < 1.29 is 9.47 Å². The minimum absolute atomic E-state index is 0.334. The molecule has 0 saturated carbocycles. The molecule has 2 rings (SSSR count). The molecule has 20 heavy (non-hydrogen) atoms. The molecular formula is C14H24N4O2. The van der Waals surface area contributed by atoms with Gasteiger partial charge in [-0.2, -0.15) is 0 Å². The Morgan fingerprint density at radius 2 is 1.90 bits per heavy atom. The molecule has 6 nitrogen and oxygen atoms in total. The van der Waals surface area contributed by atoms with Crippen LogP contribution in [0.25, 0.3) is 0 Å². The lowest BCUT2D eigenvalue weighted by atomic mass is 10.1. The third-order valence-corrected chi connectivity index (χ3v) is 3.47. The van der Waals surface area contributed by atoms with Crippen molar-refractivity contribution in [2.45, 2.75) is 18.9 Å². The number of methoxy groups -OCH3 is 1. The summed E-state index contributed by atoms with van der Waals surface area (Å²) >= 11 is 0. The summed E-state index contributed by atoms with van der Waals surface area (Å²) in [6.07, 6.45) is 5.87. The summed E-state index contributed by atoms with van der Waals surface area (Å²) in [6, 6.07) is 0. The zero-order valence-corrected chi connectivity index (χ0v) is 12.6. The SMILES string of the molecule is COCCOC1CCN(c2nccnc2N(C)C)CC1. The molecule has 0 unspecified atom stereocenters. The van der Waals surface area contributed by atoms with Crippen LogP contribution in [0.4, 0.5) is 11.6 Å². The molecular weight excluding hydrogens is 256 g/mol. The Kier molecular flexibility index (Phi) is 5.55. The minimum atomic E-state index is 0.334. The molecule has 1 aliphatic heterocycles. The Bertz CT molecular complexity index is 406. The van der Waals surface area contributed by atoms with Crippen LogP contribution in [-0.2, 0) is 9.47 Å². The Morgan fingerprint density at radius 3 is 2.55 bits per heavy atom. The average molecular weight is 280 g/mol. The maximum absolute atomic E-state index is 5.79. The average Bonchev–Trinajstić information content (AvgIpc) is 2.48. The van der Waals surface area contributed by atoms with Gasteiger partial charge in [0.25, 0.3) is 0 Å². The largest absolute Gasteiger partial charge is 0.382 e. The van der Waals surface area contributed by atoms with Crippen molar-refractivity contribution in [1.82, 2.24) is 9.97 Å². The van der Waals surface area contributed by atoms with Gasteiger partial charge in [0, 0.05) is 46.7 Å². The summed E-state index contributed by atoms with van der Waals surface area (Å²) in [5.74, 6) is 1.89. The van der Waals surface area contributed by atoms with Gasteiger partial charge in [-0.25, -0.2) is 9.97 Å². The highest BCUT2D eigenvalue weighted by atomic mass is 16.5. The highest BCUT2D eigenvalue weighted by Crippen LogP contribution is 2.26. The molecule has 0 amide bonds. The van der Waals surface area contributed by atoms with Crippen LogP contribution in [0, 0.1) is 0 Å². The van der Waals surface area contributed by atoms with Crippen molar-refractivity contribution in [1.29, 1.82) is 0 Å². The van der Waals surface area contributed by atoms with E-state index >= 15 is 0 Å². The quantitative estimate of drug-likeness (QED) is 0.729. The van der Waals surface area contributed by atoms with Gasteiger partial charge in [0.15, 0.2) is 11.6 Å². The number of ether oxygens (including phenoxy) is 2. The molecule has 0 bridgehead atoms. The van der Waals surface area contributed by atoms with Crippen LogP contribution < -0.4 is 9.80 Å². The summed E-state index contributed by atoms with van der Waals surface area (Å²) in [4.78, 5) is 13.2. The lowest BCUT2D eigenvalue weighted by Crippen LogP contribution is -2.38. The monoisotopic (exact) mass is 280 g/mol. The highest BCUT2D eigenvalue weighted by Gasteiger charge is 2.23. The number of anilines is 2. The van der Waals surface area contributed by atoms with Gasteiger partial charge in [-0.1, -0.05) is 0 Å². The molecule has 0 radical (unpaired) electrons. The lowest BCUT2D eigenvalue weighted by Gasteiger charge is -2.34. The van der Waals surface area contributed by atoms with Crippen molar-refractivity contribution in [3.8, 4) is 0 Å². The smallest absolute Gasteiger partial charge is 0.171 e. The van der Waals surface area contributed by atoms with Gasteiger partial charge >= 0.3 is 0 Å². The fraction of sp³-hybridized carbons (Fsp3) is 0.714.